The van der Waals surface area contributed by atoms with Crippen LogP contribution in [0.1, 0.15) is 31.8 Å². The summed E-state index contributed by atoms with van der Waals surface area (Å²) < 4.78 is 0. The van der Waals surface area contributed by atoms with Crippen molar-refractivity contribution in [3.05, 3.63) is 34.4 Å². The molecular weight excluding hydrogens is 214 g/mol. The summed E-state index contributed by atoms with van der Waals surface area (Å²) in [5.41, 5.74) is 1.30. The smallest absolute Gasteiger partial charge is 0.178 e. The second-order valence-corrected chi connectivity index (χ2v) is 3.33. The van der Waals surface area contributed by atoms with Crippen LogP contribution in [0.5, 0.6) is 0 Å². The molecular formula is C11H8ClNO2. The molecule has 0 aliphatic heterocycles. The van der Waals surface area contributed by atoms with Crippen LogP contribution < -0.4 is 0 Å². The highest BCUT2D eigenvalue weighted by molar-refractivity contribution is 6.30. The molecule has 1 rings (SSSR count). The summed E-state index contributed by atoms with van der Waals surface area (Å²) in [6.07, 6.45) is 0.566. The number of hydrogen-bond acceptors (Lipinski definition) is 3. The molecule has 3 nitrogen and oxygen atoms in total. The van der Waals surface area contributed by atoms with E-state index < -0.39 is 0 Å². The van der Waals surface area contributed by atoms with Crippen molar-refractivity contribution < 1.29 is 9.59 Å². The topological polar surface area (TPSA) is 57.9 Å². The Morgan fingerprint density at radius 3 is 2.73 bits per heavy atom. The van der Waals surface area contributed by atoms with Crippen LogP contribution in [0.3, 0.4) is 0 Å². The number of rotatable bonds is 3. The lowest BCUT2D eigenvalue weighted by atomic mass is 9.97. The predicted molar refractivity (Wildman–Crippen MR) is 56.3 cm³/mol. The van der Waals surface area contributed by atoms with Gasteiger partial charge in [0.05, 0.1) is 11.4 Å². The highest BCUT2D eigenvalue weighted by Gasteiger charge is 2.14. The van der Waals surface area contributed by atoms with Gasteiger partial charge in [-0.25, -0.2) is 0 Å². The van der Waals surface area contributed by atoms with E-state index in [2.05, 4.69) is 0 Å². The largest absolute Gasteiger partial charge is 0.298 e. The number of aldehydes is 1. The molecule has 76 valence electrons. The Labute approximate surface area is 92.3 Å². The first-order valence-corrected chi connectivity index (χ1v) is 4.76. The molecule has 0 bridgehead atoms. The van der Waals surface area contributed by atoms with Crippen LogP contribution >= 0.6 is 11.6 Å². The third-order valence-electron chi connectivity index (χ3n) is 1.97. The number of carbonyl (C=O) groups is 2. The van der Waals surface area contributed by atoms with Crippen molar-refractivity contribution in [3.8, 4) is 6.07 Å². The lowest BCUT2D eigenvalue weighted by molar-refractivity contribution is 0.102. The van der Waals surface area contributed by atoms with Crippen molar-refractivity contribution in [2.24, 2.45) is 0 Å². The number of hydrogen-bond donors (Lipinski definition) is 0. The highest BCUT2D eigenvalue weighted by atomic mass is 35.5. The Kier molecular flexibility index (Phi) is 3.59. The molecule has 0 aliphatic carbocycles. The Bertz CT molecular complexity index is 460. The molecule has 0 spiro atoms. The monoisotopic (exact) mass is 221 g/mol. The van der Waals surface area contributed by atoms with E-state index in [1.165, 1.54) is 0 Å². The quantitative estimate of drug-likeness (QED) is 0.446. The van der Waals surface area contributed by atoms with Crippen molar-refractivity contribution in [1.29, 1.82) is 5.26 Å². The molecule has 15 heavy (non-hydrogen) atoms. The van der Waals surface area contributed by atoms with Crippen LogP contribution in [-0.4, -0.2) is 17.9 Å². The van der Waals surface area contributed by atoms with Gasteiger partial charge in [-0.15, -0.1) is 11.6 Å². The van der Waals surface area contributed by atoms with Gasteiger partial charge in [-0.05, 0) is 24.6 Å². The zero-order chi connectivity index (χ0) is 11.4. The first kappa shape index (κ1) is 11.4. The van der Waals surface area contributed by atoms with Gasteiger partial charge in [-0.3, -0.25) is 9.59 Å². The molecule has 0 saturated carbocycles. The molecule has 0 fully saturated rings. The van der Waals surface area contributed by atoms with Gasteiger partial charge >= 0.3 is 0 Å². The molecule has 1 aromatic carbocycles. The average Bonchev–Trinajstić information content (AvgIpc) is 2.26. The number of nitriles is 1. The number of ketones is 1. The van der Waals surface area contributed by atoms with Crippen molar-refractivity contribution in [3.63, 3.8) is 0 Å². The van der Waals surface area contributed by atoms with E-state index in [0.717, 1.165) is 5.56 Å². The maximum absolute atomic E-state index is 11.4. The molecule has 0 unspecified atom stereocenters. The standard InChI is InChI=1S/C11H8ClNO2/c1-7-2-8(6-14)10(5-13)9(3-7)11(15)4-12/h2-3,6H,4H2,1H3. The number of carbonyl (C=O) groups excluding carboxylic acids is 2. The maximum atomic E-state index is 11.4. The Morgan fingerprint density at radius 2 is 2.27 bits per heavy atom. The van der Waals surface area contributed by atoms with Crippen molar-refractivity contribution in [1.82, 2.24) is 0 Å². The molecule has 0 N–H and O–H groups in total. The van der Waals surface area contributed by atoms with Crippen molar-refractivity contribution in [2.75, 3.05) is 5.88 Å². The van der Waals surface area contributed by atoms with Crippen LogP contribution in [0, 0.1) is 18.3 Å². The zero-order valence-corrected chi connectivity index (χ0v) is 8.84. The van der Waals surface area contributed by atoms with Gasteiger partial charge in [0.15, 0.2) is 12.1 Å². The number of halogens is 1. The lowest BCUT2D eigenvalue weighted by Gasteiger charge is -2.04. The fourth-order valence-electron chi connectivity index (χ4n) is 1.32. The average molecular weight is 222 g/mol. The minimum atomic E-state index is -0.347. The first-order chi connectivity index (χ1) is 7.13. The number of nitrogens with zero attached hydrogens (tertiary/aromatic N) is 1. The SMILES string of the molecule is Cc1cc(C=O)c(C#N)c(C(=O)CCl)c1. The first-order valence-electron chi connectivity index (χ1n) is 4.23. The summed E-state index contributed by atoms with van der Waals surface area (Å²) in [5.74, 6) is -0.545. The third kappa shape index (κ3) is 2.23. The lowest BCUT2D eigenvalue weighted by Crippen LogP contribution is -2.06. The predicted octanol–water partition coefficient (Wildman–Crippen LogP) is 2.10. The van der Waals surface area contributed by atoms with Gasteiger partial charge in [-0.2, -0.15) is 5.26 Å². The Balaban J connectivity index is 3.50. The molecule has 1 aromatic rings. The van der Waals surface area contributed by atoms with Crippen LogP contribution in [0.2, 0.25) is 0 Å². The summed E-state index contributed by atoms with van der Waals surface area (Å²) in [6, 6.07) is 4.98. The van der Waals surface area contributed by atoms with E-state index in [4.69, 9.17) is 16.9 Å². The molecule has 0 saturated heterocycles. The summed E-state index contributed by atoms with van der Waals surface area (Å²) >= 11 is 5.42. The second-order valence-electron chi connectivity index (χ2n) is 3.06. The van der Waals surface area contributed by atoms with Crippen LogP contribution in [0.25, 0.3) is 0 Å². The Hall–Kier alpha value is -1.66. The summed E-state index contributed by atoms with van der Waals surface area (Å²) in [5, 5.41) is 8.86. The van der Waals surface area contributed by atoms with E-state index in [1.54, 1.807) is 19.1 Å². The normalized spacial score (nSPS) is 9.40. The zero-order valence-electron chi connectivity index (χ0n) is 8.08. The summed E-state index contributed by atoms with van der Waals surface area (Å²) in [4.78, 5) is 22.1. The van der Waals surface area contributed by atoms with Gasteiger partial charge in [0.25, 0.3) is 0 Å². The van der Waals surface area contributed by atoms with Crippen LogP contribution in [0.4, 0.5) is 0 Å². The molecule has 0 atom stereocenters. The van der Waals surface area contributed by atoms with E-state index in [1.807, 2.05) is 6.07 Å². The van der Waals surface area contributed by atoms with Crippen LogP contribution in [0.15, 0.2) is 12.1 Å². The molecule has 0 aromatic heterocycles. The van der Waals surface area contributed by atoms with Gasteiger partial charge in [0.2, 0.25) is 0 Å². The second kappa shape index (κ2) is 4.72. The molecule has 0 amide bonds. The third-order valence-corrected chi connectivity index (χ3v) is 2.22. The highest BCUT2D eigenvalue weighted by Crippen LogP contribution is 2.16. The summed E-state index contributed by atoms with van der Waals surface area (Å²) in [6.45, 7) is 1.75. The van der Waals surface area contributed by atoms with E-state index >= 15 is 0 Å². The maximum Gasteiger partial charge on any atom is 0.178 e. The minimum absolute atomic E-state index is 0.0984. The van der Waals surface area contributed by atoms with Gasteiger partial charge in [0.1, 0.15) is 6.07 Å². The van der Waals surface area contributed by atoms with Crippen molar-refractivity contribution in [2.45, 2.75) is 6.92 Å². The fourth-order valence-corrected chi connectivity index (χ4v) is 1.47. The number of alkyl halides is 1. The van der Waals surface area contributed by atoms with Gasteiger partial charge in [0, 0.05) is 11.1 Å². The minimum Gasteiger partial charge on any atom is -0.298 e. The summed E-state index contributed by atoms with van der Waals surface area (Å²) in [7, 11) is 0. The van der Waals surface area contributed by atoms with E-state index in [9.17, 15) is 9.59 Å². The molecule has 4 heteroatoms. The number of benzene rings is 1. The van der Waals surface area contributed by atoms with E-state index in [-0.39, 0.29) is 28.4 Å². The Morgan fingerprint density at radius 1 is 1.60 bits per heavy atom. The van der Waals surface area contributed by atoms with Crippen molar-refractivity contribution >= 4 is 23.7 Å². The van der Waals surface area contributed by atoms with Gasteiger partial charge < -0.3 is 0 Å². The van der Waals surface area contributed by atoms with Crippen LogP contribution in [-0.2, 0) is 0 Å². The van der Waals surface area contributed by atoms with E-state index in [0.29, 0.717) is 6.29 Å². The number of Topliss-reactive ketones (excluding diaryl/α,β-unsaturated/α-hetero) is 1. The molecule has 0 heterocycles. The molecule has 0 radical (unpaired) electrons. The fraction of sp³-hybridized carbons (Fsp3) is 0.182. The van der Waals surface area contributed by atoms with Gasteiger partial charge in [-0.1, -0.05) is 0 Å². The number of aryl methyl sites for hydroxylation is 1. The molecule has 0 aliphatic rings.